The predicted molar refractivity (Wildman–Crippen MR) is 91.1 cm³/mol. The highest BCUT2D eigenvalue weighted by atomic mass is 32.2. The van der Waals surface area contributed by atoms with Crippen LogP contribution in [-0.4, -0.2) is 71.7 Å². The summed E-state index contributed by atoms with van der Waals surface area (Å²) in [4.78, 5) is 1.48. The highest BCUT2D eigenvalue weighted by molar-refractivity contribution is 7.96. The number of sulfone groups is 2. The van der Waals surface area contributed by atoms with Crippen molar-refractivity contribution >= 4 is 19.7 Å². The Labute approximate surface area is 142 Å². The number of halogens is 1. The largest absolute Gasteiger partial charge is 0.310 e. The van der Waals surface area contributed by atoms with Gasteiger partial charge in [-0.15, -0.1) is 0 Å². The normalized spacial score (nSPS) is 23.7. The zero-order chi connectivity index (χ0) is 18.1. The SMILES string of the molecule is Cc1ccc(F)c(S(=O)(=O)[C@H]2CS(=O)(=O)C[C@@H]2NCCN(C)C)c1. The Hall–Kier alpha value is -1.03. The lowest BCUT2D eigenvalue weighted by Crippen LogP contribution is -2.45. The van der Waals surface area contributed by atoms with E-state index in [9.17, 15) is 21.2 Å². The van der Waals surface area contributed by atoms with E-state index in [1.54, 1.807) is 6.92 Å². The first-order valence-corrected chi connectivity index (χ1v) is 11.0. The molecule has 1 aliphatic heterocycles. The molecule has 1 saturated heterocycles. The van der Waals surface area contributed by atoms with Gasteiger partial charge in [0.25, 0.3) is 0 Å². The first-order chi connectivity index (χ1) is 11.0. The molecule has 0 amide bonds. The van der Waals surface area contributed by atoms with Gasteiger partial charge in [-0.2, -0.15) is 0 Å². The number of hydrogen-bond donors (Lipinski definition) is 1. The van der Waals surface area contributed by atoms with Crippen molar-refractivity contribution in [2.45, 2.75) is 23.1 Å². The standard InChI is InChI=1S/C15H23FN2O4S2/c1-11-4-5-12(16)14(8-11)24(21,22)15-10-23(19,20)9-13(15)17-6-7-18(2)3/h4-5,8,13,15,17H,6-7,9-10H2,1-3H3/t13-,15-/m0/s1. The Morgan fingerprint density at radius 3 is 2.58 bits per heavy atom. The Morgan fingerprint density at radius 1 is 1.29 bits per heavy atom. The molecule has 0 saturated carbocycles. The lowest BCUT2D eigenvalue weighted by atomic mass is 10.2. The summed E-state index contributed by atoms with van der Waals surface area (Å²) in [6, 6.07) is 3.10. The van der Waals surface area contributed by atoms with Crippen LogP contribution in [0.25, 0.3) is 0 Å². The first-order valence-electron chi connectivity index (χ1n) is 7.61. The molecule has 1 heterocycles. The van der Waals surface area contributed by atoms with Gasteiger partial charge in [0.05, 0.1) is 16.8 Å². The average Bonchev–Trinajstić information content (AvgIpc) is 2.77. The fourth-order valence-electron chi connectivity index (χ4n) is 2.78. The first kappa shape index (κ1) is 19.3. The second kappa shape index (κ2) is 7.07. The summed E-state index contributed by atoms with van der Waals surface area (Å²) in [6.07, 6.45) is 0. The highest BCUT2D eigenvalue weighted by Crippen LogP contribution is 2.28. The lowest BCUT2D eigenvalue weighted by molar-refractivity contribution is 0.388. The van der Waals surface area contributed by atoms with Crippen molar-refractivity contribution < 1.29 is 21.2 Å². The number of likely N-dealkylation sites (N-methyl/N-ethyl adjacent to an activating group) is 1. The number of nitrogens with one attached hydrogen (secondary N) is 1. The monoisotopic (exact) mass is 378 g/mol. The van der Waals surface area contributed by atoms with Crippen LogP contribution in [0.5, 0.6) is 0 Å². The molecule has 1 aliphatic rings. The summed E-state index contributed by atoms with van der Waals surface area (Å²) >= 11 is 0. The van der Waals surface area contributed by atoms with Crippen LogP contribution in [0, 0.1) is 12.7 Å². The van der Waals surface area contributed by atoms with Gasteiger partial charge in [0, 0.05) is 19.1 Å². The topological polar surface area (TPSA) is 83.5 Å². The third-order valence-corrected chi connectivity index (χ3v) is 8.22. The van der Waals surface area contributed by atoms with Crippen molar-refractivity contribution in [3.05, 3.63) is 29.6 Å². The Morgan fingerprint density at radius 2 is 1.96 bits per heavy atom. The fraction of sp³-hybridized carbons (Fsp3) is 0.600. The van der Waals surface area contributed by atoms with E-state index in [0.717, 1.165) is 6.07 Å². The van der Waals surface area contributed by atoms with Crippen molar-refractivity contribution in [2.75, 3.05) is 38.7 Å². The van der Waals surface area contributed by atoms with E-state index in [4.69, 9.17) is 0 Å². The smallest absolute Gasteiger partial charge is 0.186 e. The maximum Gasteiger partial charge on any atom is 0.186 e. The molecular formula is C15H23FN2O4S2. The summed E-state index contributed by atoms with van der Waals surface area (Å²) in [7, 11) is -3.85. The molecule has 0 bridgehead atoms. The van der Waals surface area contributed by atoms with Gasteiger partial charge in [-0.1, -0.05) is 6.07 Å². The third-order valence-electron chi connectivity index (χ3n) is 4.06. The number of hydrogen-bond acceptors (Lipinski definition) is 6. The van der Waals surface area contributed by atoms with Crippen molar-refractivity contribution in [3.8, 4) is 0 Å². The van der Waals surface area contributed by atoms with Gasteiger partial charge in [0.15, 0.2) is 19.7 Å². The van der Waals surface area contributed by atoms with E-state index in [2.05, 4.69) is 5.32 Å². The van der Waals surface area contributed by atoms with E-state index in [1.807, 2.05) is 19.0 Å². The summed E-state index contributed by atoms with van der Waals surface area (Å²) < 4.78 is 63.7. The van der Waals surface area contributed by atoms with Crippen molar-refractivity contribution in [1.29, 1.82) is 0 Å². The molecule has 2 atom stereocenters. The van der Waals surface area contributed by atoms with Crippen LogP contribution in [0.1, 0.15) is 5.56 Å². The van der Waals surface area contributed by atoms with Crippen LogP contribution in [0.15, 0.2) is 23.1 Å². The zero-order valence-electron chi connectivity index (χ0n) is 14.0. The Balaban J connectivity index is 2.33. The van der Waals surface area contributed by atoms with E-state index in [0.29, 0.717) is 18.7 Å². The van der Waals surface area contributed by atoms with Crippen LogP contribution in [0.2, 0.25) is 0 Å². The fourth-order valence-corrected chi connectivity index (χ4v) is 7.64. The molecule has 1 aromatic rings. The zero-order valence-corrected chi connectivity index (χ0v) is 15.6. The molecule has 1 fully saturated rings. The maximum atomic E-state index is 14.0. The predicted octanol–water partition coefficient (Wildman–Crippen LogP) is 0.225. The number of rotatable bonds is 6. The second-order valence-electron chi connectivity index (χ2n) is 6.46. The summed E-state index contributed by atoms with van der Waals surface area (Å²) in [6.45, 7) is 2.76. The molecular weight excluding hydrogens is 355 g/mol. The van der Waals surface area contributed by atoms with Gasteiger partial charge >= 0.3 is 0 Å². The summed E-state index contributed by atoms with van der Waals surface area (Å²) in [5.74, 6) is -1.59. The van der Waals surface area contributed by atoms with Crippen LogP contribution in [0.4, 0.5) is 4.39 Å². The second-order valence-corrected chi connectivity index (χ2v) is 10.7. The molecule has 0 spiro atoms. The van der Waals surface area contributed by atoms with Gasteiger partial charge < -0.3 is 10.2 Å². The lowest BCUT2D eigenvalue weighted by Gasteiger charge is -2.21. The van der Waals surface area contributed by atoms with Crippen molar-refractivity contribution in [1.82, 2.24) is 10.2 Å². The van der Waals surface area contributed by atoms with Gasteiger partial charge in [-0.3, -0.25) is 0 Å². The summed E-state index contributed by atoms with van der Waals surface area (Å²) in [5.41, 5.74) is 0.605. The van der Waals surface area contributed by atoms with Crippen LogP contribution < -0.4 is 5.32 Å². The van der Waals surface area contributed by atoms with Crippen molar-refractivity contribution in [3.63, 3.8) is 0 Å². The van der Waals surface area contributed by atoms with E-state index >= 15 is 0 Å². The Kier molecular flexibility index (Phi) is 5.68. The molecule has 9 heteroatoms. The molecule has 24 heavy (non-hydrogen) atoms. The van der Waals surface area contributed by atoms with E-state index in [-0.39, 0.29) is 5.75 Å². The minimum atomic E-state index is -4.09. The molecule has 2 rings (SSSR count). The van der Waals surface area contributed by atoms with E-state index < -0.39 is 47.4 Å². The Bertz CT molecular complexity index is 807. The number of benzene rings is 1. The highest BCUT2D eigenvalue weighted by Gasteiger charge is 2.46. The number of nitrogens with zero attached hydrogens (tertiary/aromatic N) is 1. The van der Waals surface area contributed by atoms with E-state index in [1.165, 1.54) is 12.1 Å². The minimum absolute atomic E-state index is 0.252. The minimum Gasteiger partial charge on any atom is -0.310 e. The maximum absolute atomic E-state index is 14.0. The van der Waals surface area contributed by atoms with Gasteiger partial charge in [-0.05, 0) is 38.7 Å². The quantitative estimate of drug-likeness (QED) is 0.763. The van der Waals surface area contributed by atoms with Gasteiger partial charge in [0.1, 0.15) is 10.7 Å². The number of aryl methyl sites for hydroxylation is 1. The third kappa shape index (κ3) is 4.33. The molecule has 0 aliphatic carbocycles. The molecule has 1 N–H and O–H groups in total. The van der Waals surface area contributed by atoms with Crippen LogP contribution in [0.3, 0.4) is 0 Å². The molecule has 1 aromatic carbocycles. The van der Waals surface area contributed by atoms with Crippen molar-refractivity contribution in [2.24, 2.45) is 0 Å². The molecule has 136 valence electrons. The van der Waals surface area contributed by atoms with Gasteiger partial charge in [-0.25, -0.2) is 21.2 Å². The summed E-state index contributed by atoms with van der Waals surface area (Å²) in [5, 5.41) is 1.83. The molecule has 6 nitrogen and oxygen atoms in total. The molecule has 0 aromatic heterocycles. The van der Waals surface area contributed by atoms with Crippen LogP contribution in [-0.2, 0) is 19.7 Å². The molecule has 0 radical (unpaired) electrons. The van der Waals surface area contributed by atoms with Gasteiger partial charge in [0.2, 0.25) is 0 Å². The average molecular weight is 378 g/mol. The molecule has 0 unspecified atom stereocenters. The van der Waals surface area contributed by atoms with Crippen LogP contribution >= 0.6 is 0 Å².